The molecule has 0 aliphatic heterocycles. The SMILES string of the molecule is COc1cc(-c2nc(O)cn2C)ncn1. The van der Waals surface area contributed by atoms with Gasteiger partial charge < -0.3 is 14.4 Å². The third kappa shape index (κ3) is 1.74. The Morgan fingerprint density at radius 1 is 1.40 bits per heavy atom. The lowest BCUT2D eigenvalue weighted by atomic mass is 10.4. The average molecular weight is 206 g/mol. The average Bonchev–Trinajstić information content (AvgIpc) is 2.58. The molecule has 0 bridgehead atoms. The van der Waals surface area contributed by atoms with Gasteiger partial charge in [-0.05, 0) is 0 Å². The highest BCUT2D eigenvalue weighted by molar-refractivity contribution is 5.52. The van der Waals surface area contributed by atoms with Crippen LogP contribution in [0, 0.1) is 0 Å². The molecular formula is C9H10N4O2. The Morgan fingerprint density at radius 3 is 2.80 bits per heavy atom. The van der Waals surface area contributed by atoms with Crippen LogP contribution in [0.25, 0.3) is 11.5 Å². The van der Waals surface area contributed by atoms with Crippen molar-refractivity contribution in [3.05, 3.63) is 18.6 Å². The van der Waals surface area contributed by atoms with Gasteiger partial charge in [-0.1, -0.05) is 0 Å². The number of ether oxygens (including phenoxy) is 1. The van der Waals surface area contributed by atoms with Gasteiger partial charge in [0.15, 0.2) is 5.82 Å². The lowest BCUT2D eigenvalue weighted by molar-refractivity contribution is 0.397. The zero-order valence-electron chi connectivity index (χ0n) is 8.38. The van der Waals surface area contributed by atoms with Crippen LogP contribution >= 0.6 is 0 Å². The van der Waals surface area contributed by atoms with E-state index in [1.54, 1.807) is 17.7 Å². The Labute approximate surface area is 86.2 Å². The van der Waals surface area contributed by atoms with E-state index in [9.17, 15) is 5.11 Å². The van der Waals surface area contributed by atoms with Gasteiger partial charge in [0.05, 0.1) is 13.3 Å². The second-order valence-electron chi connectivity index (χ2n) is 2.98. The first-order valence-electron chi connectivity index (χ1n) is 4.29. The standard InChI is InChI=1S/C9H10N4O2/c1-13-4-7(14)12-9(13)6-3-8(15-2)11-5-10-6/h3-5,14H,1-2H3. The molecule has 0 amide bonds. The lowest BCUT2D eigenvalue weighted by Crippen LogP contribution is -1.96. The number of nitrogens with zero attached hydrogens (tertiary/aromatic N) is 4. The highest BCUT2D eigenvalue weighted by atomic mass is 16.5. The third-order valence-electron chi connectivity index (χ3n) is 1.94. The topological polar surface area (TPSA) is 73.1 Å². The summed E-state index contributed by atoms with van der Waals surface area (Å²) in [7, 11) is 3.30. The van der Waals surface area contributed by atoms with Gasteiger partial charge in [-0.15, -0.1) is 0 Å². The second-order valence-corrected chi connectivity index (χ2v) is 2.98. The number of hydrogen-bond acceptors (Lipinski definition) is 5. The van der Waals surface area contributed by atoms with Gasteiger partial charge in [-0.25, -0.2) is 9.97 Å². The van der Waals surface area contributed by atoms with Crippen LogP contribution in [-0.2, 0) is 7.05 Å². The molecular weight excluding hydrogens is 196 g/mol. The van der Waals surface area contributed by atoms with Gasteiger partial charge in [0.25, 0.3) is 0 Å². The zero-order chi connectivity index (χ0) is 10.8. The monoisotopic (exact) mass is 206 g/mol. The fourth-order valence-electron chi connectivity index (χ4n) is 1.26. The summed E-state index contributed by atoms with van der Waals surface area (Å²) < 4.78 is 6.65. The predicted octanol–water partition coefficient (Wildman–Crippen LogP) is 0.591. The summed E-state index contributed by atoms with van der Waals surface area (Å²) >= 11 is 0. The van der Waals surface area contributed by atoms with E-state index in [1.165, 1.54) is 19.6 Å². The Hall–Kier alpha value is -2.11. The van der Waals surface area contributed by atoms with E-state index in [-0.39, 0.29) is 5.88 Å². The maximum atomic E-state index is 9.22. The highest BCUT2D eigenvalue weighted by Crippen LogP contribution is 2.20. The summed E-state index contributed by atoms with van der Waals surface area (Å²) in [6, 6.07) is 1.65. The molecule has 2 heterocycles. The normalized spacial score (nSPS) is 10.3. The maximum absolute atomic E-state index is 9.22. The van der Waals surface area contributed by atoms with Crippen molar-refractivity contribution in [1.82, 2.24) is 19.5 Å². The first-order chi connectivity index (χ1) is 7.20. The van der Waals surface area contributed by atoms with Crippen molar-refractivity contribution in [2.24, 2.45) is 7.05 Å². The molecule has 0 spiro atoms. The van der Waals surface area contributed by atoms with Crippen LogP contribution in [0.3, 0.4) is 0 Å². The lowest BCUT2D eigenvalue weighted by Gasteiger charge is -2.01. The number of aryl methyl sites for hydroxylation is 1. The van der Waals surface area contributed by atoms with Gasteiger partial charge in [0, 0.05) is 13.1 Å². The minimum absolute atomic E-state index is 0.0370. The number of imidazole rings is 1. The van der Waals surface area contributed by atoms with Crippen molar-refractivity contribution in [1.29, 1.82) is 0 Å². The molecule has 1 N–H and O–H groups in total. The molecule has 0 aromatic carbocycles. The van der Waals surface area contributed by atoms with Crippen molar-refractivity contribution in [3.63, 3.8) is 0 Å². The Morgan fingerprint density at radius 2 is 2.20 bits per heavy atom. The molecule has 0 radical (unpaired) electrons. The molecule has 0 saturated heterocycles. The smallest absolute Gasteiger partial charge is 0.229 e. The van der Waals surface area contributed by atoms with E-state index in [2.05, 4.69) is 15.0 Å². The Balaban J connectivity index is 2.49. The first-order valence-corrected chi connectivity index (χ1v) is 4.29. The summed E-state index contributed by atoms with van der Waals surface area (Å²) in [4.78, 5) is 11.9. The molecule has 78 valence electrons. The van der Waals surface area contributed by atoms with Crippen molar-refractivity contribution in [2.75, 3.05) is 7.11 Å². The van der Waals surface area contributed by atoms with Gasteiger partial charge in [0.1, 0.15) is 12.0 Å². The summed E-state index contributed by atoms with van der Waals surface area (Å²) in [5, 5.41) is 9.22. The second kappa shape index (κ2) is 3.56. The molecule has 6 nitrogen and oxygen atoms in total. The van der Waals surface area contributed by atoms with E-state index in [0.717, 1.165) is 0 Å². The van der Waals surface area contributed by atoms with Crippen molar-refractivity contribution < 1.29 is 9.84 Å². The third-order valence-corrected chi connectivity index (χ3v) is 1.94. The van der Waals surface area contributed by atoms with E-state index in [1.807, 2.05) is 0 Å². The number of aromatic nitrogens is 4. The molecule has 2 rings (SSSR count). The molecule has 2 aromatic rings. The Bertz CT molecular complexity index is 481. The minimum Gasteiger partial charge on any atom is -0.492 e. The molecule has 2 aromatic heterocycles. The summed E-state index contributed by atoms with van der Waals surface area (Å²) in [6.07, 6.45) is 2.89. The van der Waals surface area contributed by atoms with E-state index < -0.39 is 0 Å². The highest BCUT2D eigenvalue weighted by Gasteiger charge is 2.09. The quantitative estimate of drug-likeness (QED) is 0.778. The largest absolute Gasteiger partial charge is 0.492 e. The zero-order valence-corrected chi connectivity index (χ0v) is 8.38. The van der Waals surface area contributed by atoms with Crippen molar-refractivity contribution >= 4 is 0 Å². The van der Waals surface area contributed by atoms with E-state index in [4.69, 9.17) is 4.74 Å². The fraction of sp³-hybridized carbons (Fsp3) is 0.222. The van der Waals surface area contributed by atoms with Gasteiger partial charge >= 0.3 is 0 Å². The number of rotatable bonds is 2. The number of aromatic hydroxyl groups is 1. The molecule has 0 saturated carbocycles. The van der Waals surface area contributed by atoms with E-state index >= 15 is 0 Å². The van der Waals surface area contributed by atoms with Crippen LogP contribution in [0.5, 0.6) is 11.8 Å². The molecule has 0 unspecified atom stereocenters. The molecule has 0 fully saturated rings. The Kier molecular flexibility index (Phi) is 2.24. The number of methoxy groups -OCH3 is 1. The maximum Gasteiger partial charge on any atom is 0.229 e. The van der Waals surface area contributed by atoms with Crippen LogP contribution in [0.15, 0.2) is 18.6 Å². The summed E-state index contributed by atoms with van der Waals surface area (Å²) in [5.74, 6) is 0.987. The van der Waals surface area contributed by atoms with E-state index in [0.29, 0.717) is 17.4 Å². The first kappa shape index (κ1) is 9.45. The van der Waals surface area contributed by atoms with Crippen LogP contribution in [-0.4, -0.2) is 31.7 Å². The fourth-order valence-corrected chi connectivity index (χ4v) is 1.26. The van der Waals surface area contributed by atoms with Crippen LogP contribution in [0.4, 0.5) is 0 Å². The predicted molar refractivity (Wildman–Crippen MR) is 52.5 cm³/mol. The summed E-state index contributed by atoms with van der Waals surface area (Å²) in [5.41, 5.74) is 0.602. The molecule has 0 aliphatic rings. The molecule has 15 heavy (non-hydrogen) atoms. The van der Waals surface area contributed by atoms with Crippen molar-refractivity contribution in [3.8, 4) is 23.3 Å². The molecule has 0 aliphatic carbocycles. The van der Waals surface area contributed by atoms with Crippen molar-refractivity contribution in [2.45, 2.75) is 0 Å². The molecule has 0 atom stereocenters. The van der Waals surface area contributed by atoms with Gasteiger partial charge in [-0.2, -0.15) is 4.98 Å². The van der Waals surface area contributed by atoms with Crippen LogP contribution < -0.4 is 4.74 Å². The van der Waals surface area contributed by atoms with Crippen LogP contribution in [0.1, 0.15) is 0 Å². The molecule has 6 heteroatoms. The number of hydrogen-bond donors (Lipinski definition) is 1. The van der Waals surface area contributed by atoms with Gasteiger partial charge in [0.2, 0.25) is 11.8 Å². The minimum atomic E-state index is -0.0370. The van der Waals surface area contributed by atoms with Crippen LogP contribution in [0.2, 0.25) is 0 Å². The summed E-state index contributed by atoms with van der Waals surface area (Å²) in [6.45, 7) is 0. The van der Waals surface area contributed by atoms with Gasteiger partial charge in [-0.3, -0.25) is 0 Å².